The van der Waals surface area contributed by atoms with E-state index in [1.165, 1.54) is 22.7 Å². The Bertz CT molecular complexity index is 1140. The average molecular weight is 592 g/mol. The van der Waals surface area contributed by atoms with Crippen molar-refractivity contribution in [2.75, 3.05) is 10.6 Å². The number of anilines is 2. The number of nitrogens with one attached hydrogen (secondary N) is 2. The van der Waals surface area contributed by atoms with Crippen LogP contribution < -0.4 is 10.6 Å². The maximum Gasteiger partial charge on any atom is 0.226 e. The van der Waals surface area contributed by atoms with E-state index >= 15 is 0 Å². The number of amides is 2. The fourth-order valence-electron chi connectivity index (χ4n) is 2.76. The summed E-state index contributed by atoms with van der Waals surface area (Å²) in [7, 11) is 0. The summed E-state index contributed by atoms with van der Waals surface area (Å²) in [5.74, 6) is -0.516. The lowest BCUT2D eigenvalue weighted by Crippen LogP contribution is -2.17. The molecule has 4 aromatic rings. The molecule has 0 radical (unpaired) electrons. The van der Waals surface area contributed by atoms with Gasteiger partial charge < -0.3 is 10.6 Å². The summed E-state index contributed by atoms with van der Waals surface area (Å²) in [6.45, 7) is 0. The van der Waals surface area contributed by atoms with Gasteiger partial charge in [0.25, 0.3) is 0 Å². The van der Waals surface area contributed by atoms with Crippen LogP contribution in [0.3, 0.4) is 0 Å². The van der Waals surface area contributed by atoms with Crippen LogP contribution >= 0.6 is 54.5 Å². The summed E-state index contributed by atoms with van der Waals surface area (Å²) in [4.78, 5) is 33.3. The number of hydrogen-bond donors (Lipinski definition) is 2. The molecule has 2 aromatic carbocycles. The minimum atomic E-state index is -0.258. The monoisotopic (exact) mass is 590 g/mol. The predicted molar refractivity (Wildman–Crippen MR) is 137 cm³/mol. The molecule has 0 aliphatic heterocycles. The van der Waals surface area contributed by atoms with E-state index in [-0.39, 0.29) is 24.7 Å². The SMILES string of the molecule is O=C(CCC(=O)Nc1nc(-c2ccc(Br)cc2)cs1)Nc1nc(-c2ccc(Br)cc2)cs1. The highest BCUT2D eigenvalue weighted by Gasteiger charge is 2.12. The number of benzene rings is 2. The van der Waals surface area contributed by atoms with E-state index in [2.05, 4.69) is 52.5 Å². The second kappa shape index (κ2) is 10.5. The normalized spacial score (nSPS) is 10.7. The fourth-order valence-corrected chi connectivity index (χ4v) is 4.76. The Hall–Kier alpha value is -2.40. The zero-order chi connectivity index (χ0) is 22.5. The summed E-state index contributed by atoms with van der Waals surface area (Å²) in [5.41, 5.74) is 3.52. The molecule has 0 spiro atoms. The molecule has 4 rings (SSSR count). The van der Waals surface area contributed by atoms with Gasteiger partial charge in [-0.05, 0) is 24.3 Å². The van der Waals surface area contributed by atoms with Gasteiger partial charge in [0.1, 0.15) is 0 Å². The van der Waals surface area contributed by atoms with Crippen LogP contribution in [0.25, 0.3) is 22.5 Å². The first kappa shape index (κ1) is 22.8. The quantitative estimate of drug-likeness (QED) is 0.247. The fraction of sp³-hybridized carbons (Fsp3) is 0.0909. The van der Waals surface area contributed by atoms with E-state index in [1.54, 1.807) is 0 Å². The van der Waals surface area contributed by atoms with Crippen LogP contribution in [-0.2, 0) is 9.59 Å². The van der Waals surface area contributed by atoms with E-state index in [9.17, 15) is 9.59 Å². The van der Waals surface area contributed by atoms with Crippen molar-refractivity contribution in [2.45, 2.75) is 12.8 Å². The van der Waals surface area contributed by atoms with Gasteiger partial charge in [-0.3, -0.25) is 9.59 Å². The molecule has 6 nitrogen and oxygen atoms in total. The number of aromatic nitrogens is 2. The summed E-state index contributed by atoms with van der Waals surface area (Å²) >= 11 is 9.51. The topological polar surface area (TPSA) is 84.0 Å². The molecule has 162 valence electrons. The molecular weight excluding hydrogens is 576 g/mol. The second-order valence-corrected chi connectivity index (χ2v) is 10.2. The second-order valence-electron chi connectivity index (χ2n) is 6.69. The van der Waals surface area contributed by atoms with E-state index in [0.29, 0.717) is 10.3 Å². The lowest BCUT2D eigenvalue weighted by Gasteiger charge is -2.03. The molecule has 0 fully saturated rings. The number of halogens is 2. The highest BCUT2D eigenvalue weighted by molar-refractivity contribution is 9.10. The van der Waals surface area contributed by atoms with E-state index in [1.807, 2.05) is 59.3 Å². The molecule has 0 aliphatic carbocycles. The van der Waals surface area contributed by atoms with Crippen LogP contribution in [0.1, 0.15) is 12.8 Å². The van der Waals surface area contributed by atoms with Gasteiger partial charge in [0.2, 0.25) is 11.8 Å². The van der Waals surface area contributed by atoms with Crippen LogP contribution in [0.15, 0.2) is 68.2 Å². The van der Waals surface area contributed by atoms with Gasteiger partial charge in [0.05, 0.1) is 11.4 Å². The third-order valence-corrected chi connectivity index (χ3v) is 6.93. The van der Waals surface area contributed by atoms with Gasteiger partial charge in [-0.2, -0.15) is 0 Å². The van der Waals surface area contributed by atoms with Crippen LogP contribution in [0.5, 0.6) is 0 Å². The Balaban J connectivity index is 1.26. The van der Waals surface area contributed by atoms with Crippen molar-refractivity contribution < 1.29 is 9.59 Å². The number of hydrogen-bond acceptors (Lipinski definition) is 6. The van der Waals surface area contributed by atoms with Crippen LogP contribution in [0.2, 0.25) is 0 Å². The predicted octanol–water partition coefficient (Wildman–Crippen LogP) is 6.82. The summed E-state index contributed by atoms with van der Waals surface area (Å²) in [6.07, 6.45) is 0.119. The number of rotatable bonds is 7. The van der Waals surface area contributed by atoms with E-state index < -0.39 is 0 Å². The average Bonchev–Trinajstić information content (AvgIpc) is 3.43. The molecular formula is C22H16Br2N4O2S2. The van der Waals surface area contributed by atoms with Crippen molar-refractivity contribution in [3.05, 3.63) is 68.2 Å². The largest absolute Gasteiger partial charge is 0.302 e. The van der Waals surface area contributed by atoms with Gasteiger partial charge in [-0.25, -0.2) is 9.97 Å². The maximum atomic E-state index is 12.2. The first-order valence-corrected chi connectivity index (χ1v) is 12.8. The molecule has 0 saturated carbocycles. The number of carbonyl (C=O) groups excluding carboxylic acids is 2. The summed E-state index contributed by atoms with van der Waals surface area (Å²) in [5, 5.41) is 10.3. The van der Waals surface area contributed by atoms with Crippen LogP contribution in [-0.4, -0.2) is 21.8 Å². The molecule has 10 heteroatoms. The zero-order valence-electron chi connectivity index (χ0n) is 16.5. The summed E-state index contributed by atoms with van der Waals surface area (Å²) < 4.78 is 1.98. The van der Waals surface area contributed by atoms with E-state index in [4.69, 9.17) is 0 Å². The van der Waals surface area contributed by atoms with Crippen molar-refractivity contribution in [1.29, 1.82) is 0 Å². The van der Waals surface area contributed by atoms with Gasteiger partial charge >= 0.3 is 0 Å². The molecule has 0 bridgehead atoms. The van der Waals surface area contributed by atoms with Gasteiger partial charge in [-0.1, -0.05) is 56.1 Å². The van der Waals surface area contributed by atoms with Gasteiger partial charge in [0, 0.05) is 43.7 Å². The minimum absolute atomic E-state index is 0.0595. The zero-order valence-corrected chi connectivity index (χ0v) is 21.3. The highest BCUT2D eigenvalue weighted by Crippen LogP contribution is 2.27. The molecule has 0 saturated heterocycles. The minimum Gasteiger partial charge on any atom is -0.302 e. The lowest BCUT2D eigenvalue weighted by molar-refractivity contribution is -0.121. The Labute approximate surface area is 209 Å². The van der Waals surface area contributed by atoms with E-state index in [0.717, 1.165) is 31.5 Å². The van der Waals surface area contributed by atoms with Crippen molar-refractivity contribution in [2.24, 2.45) is 0 Å². The number of nitrogens with zero attached hydrogens (tertiary/aromatic N) is 2. The molecule has 32 heavy (non-hydrogen) atoms. The van der Waals surface area contributed by atoms with Crippen LogP contribution in [0.4, 0.5) is 10.3 Å². The first-order chi connectivity index (χ1) is 15.5. The molecule has 2 amide bonds. The Morgan fingerprint density at radius 2 is 1.06 bits per heavy atom. The van der Waals surface area contributed by atoms with Crippen molar-refractivity contribution in [3.8, 4) is 22.5 Å². The third kappa shape index (κ3) is 6.10. The highest BCUT2D eigenvalue weighted by atomic mass is 79.9. The summed E-state index contributed by atoms with van der Waals surface area (Å²) in [6, 6.07) is 15.6. The molecule has 2 N–H and O–H groups in total. The Kier molecular flexibility index (Phi) is 7.46. The van der Waals surface area contributed by atoms with Gasteiger partial charge in [-0.15, -0.1) is 22.7 Å². The lowest BCUT2D eigenvalue weighted by atomic mass is 10.2. The molecule has 2 heterocycles. The molecule has 0 unspecified atom stereocenters. The Morgan fingerprint density at radius 3 is 1.44 bits per heavy atom. The third-order valence-electron chi connectivity index (χ3n) is 4.36. The molecule has 0 atom stereocenters. The van der Waals surface area contributed by atoms with Crippen molar-refractivity contribution in [3.63, 3.8) is 0 Å². The first-order valence-electron chi connectivity index (χ1n) is 9.49. The van der Waals surface area contributed by atoms with Crippen LogP contribution in [0, 0.1) is 0 Å². The standard InChI is InChI=1S/C22H16Br2N4O2S2/c23-15-5-1-13(2-6-15)17-11-31-21(25-17)27-19(29)9-10-20(30)28-22-26-18(12-32-22)14-3-7-16(24)8-4-14/h1-8,11-12H,9-10H2,(H,25,27,29)(H,26,28,30). The molecule has 0 aliphatic rings. The van der Waals surface area contributed by atoms with Crippen molar-refractivity contribution >= 4 is 76.6 Å². The Morgan fingerprint density at radius 1 is 0.688 bits per heavy atom. The number of thiazole rings is 2. The van der Waals surface area contributed by atoms with Crippen molar-refractivity contribution in [1.82, 2.24) is 9.97 Å². The maximum absolute atomic E-state index is 12.2. The smallest absolute Gasteiger partial charge is 0.226 e. The number of carbonyl (C=O) groups is 2. The van der Waals surface area contributed by atoms with Gasteiger partial charge in [0.15, 0.2) is 10.3 Å². The molecule has 2 aromatic heterocycles.